The Morgan fingerprint density at radius 1 is 1.10 bits per heavy atom. The number of carbonyl (C=O) groups excluding carboxylic acids is 4. The minimum atomic E-state index is -3.90. The molecule has 266 valence electrons. The molecule has 0 bridgehead atoms. The second kappa shape index (κ2) is 12.8. The average molecular weight is 700 g/mol. The number of ether oxygens (including phenoxy) is 2. The number of hydrogen-bond donors (Lipinski definition) is 4. The van der Waals surface area contributed by atoms with Gasteiger partial charge in [-0.15, -0.1) is 6.58 Å². The number of hydrogen-bond acceptors (Lipinski definition) is 10. The maximum atomic E-state index is 14.4. The first-order chi connectivity index (χ1) is 22.8. The van der Waals surface area contributed by atoms with E-state index in [1.165, 1.54) is 23.2 Å². The van der Waals surface area contributed by atoms with E-state index in [2.05, 4.69) is 26.9 Å². The lowest BCUT2D eigenvalue weighted by molar-refractivity contribution is -0.143. The van der Waals surface area contributed by atoms with E-state index in [9.17, 15) is 32.7 Å². The average Bonchev–Trinajstić information content (AvgIpc) is 3.91. The number of nitrogens with zero attached hydrogens (tertiary/aromatic N) is 2. The highest BCUT2D eigenvalue weighted by atomic mass is 32.2. The van der Waals surface area contributed by atoms with Crippen molar-refractivity contribution < 1.29 is 42.2 Å². The van der Waals surface area contributed by atoms with Crippen LogP contribution in [0.1, 0.15) is 67.2 Å². The zero-order chi connectivity index (χ0) is 36.1. The molecule has 4 amide bonds. The number of likely N-dealkylation sites (tertiary alicyclic amines) is 1. The fourth-order valence-corrected chi connectivity index (χ4v) is 7.41. The number of pyridine rings is 1. The van der Waals surface area contributed by atoms with Gasteiger partial charge in [0, 0.05) is 29.3 Å². The number of sulfonamides is 1. The molecule has 1 aliphatic heterocycles. The van der Waals surface area contributed by atoms with Crippen LogP contribution in [0.2, 0.25) is 0 Å². The summed E-state index contributed by atoms with van der Waals surface area (Å²) in [6.07, 6.45) is 2.38. The second-order valence-corrected chi connectivity index (χ2v) is 17.1. The van der Waals surface area contributed by atoms with E-state index in [1.54, 1.807) is 59.7 Å². The summed E-state index contributed by atoms with van der Waals surface area (Å²) in [5.74, 6) is -2.47. The number of fused-ring (bicyclic) bond motifs is 1. The third-order valence-corrected chi connectivity index (χ3v) is 10.7. The lowest BCUT2D eigenvalue weighted by Crippen LogP contribution is -2.60. The van der Waals surface area contributed by atoms with Crippen LogP contribution >= 0.6 is 0 Å². The number of nitrogens with one attached hydrogen (secondary N) is 3. The van der Waals surface area contributed by atoms with Gasteiger partial charge < -0.3 is 30.1 Å². The minimum Gasteiger partial charge on any atom is -0.507 e. The van der Waals surface area contributed by atoms with Gasteiger partial charge in [0.2, 0.25) is 27.7 Å². The lowest BCUT2D eigenvalue weighted by Gasteiger charge is -2.36. The number of aromatic hydroxyl groups is 1. The molecular weight excluding hydrogens is 654 g/mol. The Bertz CT molecular complexity index is 1780. The Kier molecular flexibility index (Phi) is 9.38. The normalized spacial score (nSPS) is 24.4. The van der Waals surface area contributed by atoms with Gasteiger partial charge in [-0.05, 0) is 63.6 Å². The van der Waals surface area contributed by atoms with Crippen LogP contribution in [0.25, 0.3) is 10.8 Å². The molecule has 0 radical (unpaired) electrons. The molecular formula is C34H45N5O9S. The summed E-state index contributed by atoms with van der Waals surface area (Å²) in [7, 11) is -3.90. The molecule has 2 aromatic rings. The van der Waals surface area contributed by atoms with Crippen LogP contribution in [0, 0.1) is 11.3 Å². The highest BCUT2D eigenvalue weighted by Crippen LogP contribution is 2.45. The molecule has 1 aromatic carbocycles. The highest BCUT2D eigenvalue weighted by Gasteiger charge is 2.62. The summed E-state index contributed by atoms with van der Waals surface area (Å²) in [6.45, 7) is 14.0. The van der Waals surface area contributed by atoms with Gasteiger partial charge in [-0.2, -0.15) is 0 Å². The van der Waals surface area contributed by atoms with Gasteiger partial charge >= 0.3 is 6.09 Å². The SMILES string of the molecule is C=CC1CC1(NC(=O)C1CC(Oc2nccc3c(O)cccc23)CN1C(=O)C(NC(=O)OC(C)(C)C)C(C)(C)C)C(=O)NS(=O)(=O)C1CC1. The maximum Gasteiger partial charge on any atom is 0.408 e. The Morgan fingerprint density at radius 2 is 1.80 bits per heavy atom. The Labute approximate surface area is 286 Å². The smallest absolute Gasteiger partial charge is 0.408 e. The number of alkyl carbamates (subject to hydrolysis) is 1. The lowest BCUT2D eigenvalue weighted by atomic mass is 9.85. The molecule has 2 saturated carbocycles. The monoisotopic (exact) mass is 699 g/mol. The molecule has 0 spiro atoms. The third-order valence-electron chi connectivity index (χ3n) is 8.90. The molecule has 15 heteroatoms. The van der Waals surface area contributed by atoms with Gasteiger partial charge in [0.05, 0.1) is 11.8 Å². The quantitative estimate of drug-likeness (QED) is 0.268. The number of carbonyl (C=O) groups is 4. The van der Waals surface area contributed by atoms with Gasteiger partial charge in [-0.3, -0.25) is 19.1 Å². The summed E-state index contributed by atoms with van der Waals surface area (Å²) >= 11 is 0. The molecule has 2 heterocycles. The Balaban J connectivity index is 1.44. The number of phenols is 1. The molecule has 3 fully saturated rings. The molecule has 2 aliphatic carbocycles. The summed E-state index contributed by atoms with van der Waals surface area (Å²) in [5, 5.41) is 16.2. The van der Waals surface area contributed by atoms with Crippen molar-refractivity contribution in [1.29, 1.82) is 0 Å². The van der Waals surface area contributed by atoms with Crippen LogP contribution in [-0.4, -0.2) is 88.3 Å². The summed E-state index contributed by atoms with van der Waals surface area (Å²) in [4.78, 5) is 60.4. The topological polar surface area (TPSA) is 193 Å². The van der Waals surface area contributed by atoms with Crippen molar-refractivity contribution in [2.45, 2.75) is 102 Å². The van der Waals surface area contributed by atoms with Crippen molar-refractivity contribution in [2.75, 3.05) is 6.54 Å². The molecule has 1 saturated heterocycles. The number of benzene rings is 1. The first-order valence-corrected chi connectivity index (χ1v) is 17.8. The Hall–Kier alpha value is -4.40. The zero-order valence-electron chi connectivity index (χ0n) is 28.6. The van der Waals surface area contributed by atoms with Crippen LogP contribution in [-0.2, 0) is 29.1 Å². The number of rotatable bonds is 10. The van der Waals surface area contributed by atoms with Gasteiger partial charge in [-0.25, -0.2) is 18.2 Å². The van der Waals surface area contributed by atoms with E-state index < -0.39 is 79.7 Å². The van der Waals surface area contributed by atoms with Gasteiger partial charge in [0.15, 0.2) is 0 Å². The molecule has 3 aliphatic rings. The van der Waals surface area contributed by atoms with E-state index in [4.69, 9.17) is 9.47 Å². The van der Waals surface area contributed by atoms with E-state index in [-0.39, 0.29) is 31.0 Å². The van der Waals surface area contributed by atoms with E-state index in [0.717, 1.165) is 0 Å². The van der Waals surface area contributed by atoms with Crippen molar-refractivity contribution >= 4 is 44.6 Å². The molecule has 1 aromatic heterocycles. The predicted molar refractivity (Wildman–Crippen MR) is 180 cm³/mol. The van der Waals surface area contributed by atoms with E-state index in [0.29, 0.717) is 23.6 Å². The van der Waals surface area contributed by atoms with Crippen molar-refractivity contribution in [2.24, 2.45) is 11.3 Å². The second-order valence-electron chi connectivity index (χ2n) is 15.1. The van der Waals surface area contributed by atoms with Gasteiger partial charge in [0.1, 0.15) is 35.1 Å². The van der Waals surface area contributed by atoms with Crippen LogP contribution in [0.15, 0.2) is 43.1 Å². The predicted octanol–water partition coefficient (Wildman–Crippen LogP) is 2.90. The standard InChI is InChI=1S/C34H45N5O9S/c1-8-19-17-34(19,30(43)38-49(45,46)21-12-13-21)37-27(41)24-16-20(47-28-23-10-9-11-25(40)22(23)14-15-35-28)18-39(24)29(42)26(32(2,3)4)36-31(44)48-33(5,6)7/h8-11,14-15,19-21,24,26,40H,1,12-13,16-18H2,2-7H3,(H,36,44)(H,37,41)(H,38,43). The largest absolute Gasteiger partial charge is 0.507 e. The fraction of sp³-hybridized carbons (Fsp3) is 0.559. The first-order valence-electron chi connectivity index (χ1n) is 16.3. The number of amides is 4. The van der Waals surface area contributed by atoms with E-state index >= 15 is 0 Å². The molecule has 4 N–H and O–H groups in total. The van der Waals surface area contributed by atoms with Gasteiger partial charge in [0.25, 0.3) is 5.91 Å². The van der Waals surface area contributed by atoms with E-state index in [1.807, 2.05) is 0 Å². The first kappa shape index (κ1) is 35.9. The molecule has 5 atom stereocenters. The fourth-order valence-electron chi connectivity index (χ4n) is 6.05. The van der Waals surface area contributed by atoms with Gasteiger partial charge in [-0.1, -0.05) is 32.9 Å². The summed E-state index contributed by atoms with van der Waals surface area (Å²) in [5.41, 5.74) is -3.23. The third kappa shape index (κ3) is 7.76. The van der Waals surface area contributed by atoms with Crippen LogP contribution in [0.4, 0.5) is 4.79 Å². The molecule has 5 unspecified atom stereocenters. The molecule has 5 rings (SSSR count). The summed E-state index contributed by atoms with van der Waals surface area (Å²) in [6, 6.07) is 4.22. The number of aromatic nitrogens is 1. The Morgan fingerprint density at radius 3 is 2.39 bits per heavy atom. The highest BCUT2D eigenvalue weighted by molar-refractivity contribution is 7.91. The van der Waals surface area contributed by atoms with Crippen molar-refractivity contribution in [3.8, 4) is 11.6 Å². The van der Waals surface area contributed by atoms with Crippen molar-refractivity contribution in [1.82, 2.24) is 25.2 Å². The van der Waals surface area contributed by atoms with Crippen LogP contribution in [0.5, 0.6) is 11.6 Å². The van der Waals surface area contributed by atoms with Crippen molar-refractivity contribution in [3.05, 3.63) is 43.1 Å². The van der Waals surface area contributed by atoms with Crippen molar-refractivity contribution in [3.63, 3.8) is 0 Å². The summed E-state index contributed by atoms with van der Waals surface area (Å²) < 4.78 is 39.1. The van der Waals surface area contributed by atoms with Crippen LogP contribution in [0.3, 0.4) is 0 Å². The molecule has 49 heavy (non-hydrogen) atoms. The maximum absolute atomic E-state index is 14.4. The zero-order valence-corrected chi connectivity index (χ0v) is 29.4. The van der Waals surface area contributed by atoms with Crippen LogP contribution < -0.4 is 20.1 Å². The molecule has 14 nitrogen and oxygen atoms in total. The number of phenolic OH excluding ortho intramolecular Hbond substituents is 1. The minimum absolute atomic E-state index is 0.0193.